The molecule has 0 unspecified atom stereocenters. The maximum Gasteiger partial charge on any atom is 0.319 e. The fourth-order valence-corrected chi connectivity index (χ4v) is 2.15. The molecule has 1 saturated carbocycles. The van der Waals surface area contributed by atoms with Gasteiger partial charge >= 0.3 is 5.97 Å². The monoisotopic (exact) mass is 242 g/mol. The van der Waals surface area contributed by atoms with E-state index in [4.69, 9.17) is 4.74 Å². The summed E-state index contributed by atoms with van der Waals surface area (Å²) in [6, 6.07) is 0. The van der Waals surface area contributed by atoms with Crippen molar-refractivity contribution in [3.05, 3.63) is 0 Å². The molecule has 0 aliphatic heterocycles. The van der Waals surface area contributed by atoms with Crippen LogP contribution in [0.5, 0.6) is 0 Å². The predicted molar refractivity (Wildman–Crippen MR) is 69.0 cm³/mol. The number of hydrogen-bond acceptors (Lipinski definition) is 4. The van der Waals surface area contributed by atoms with Gasteiger partial charge in [0.05, 0.1) is 13.2 Å². The molecule has 0 amide bonds. The highest BCUT2D eigenvalue weighted by Crippen LogP contribution is 2.35. The van der Waals surface area contributed by atoms with Crippen LogP contribution in [0.2, 0.25) is 0 Å². The van der Waals surface area contributed by atoms with Crippen molar-refractivity contribution in [2.45, 2.75) is 44.6 Å². The lowest BCUT2D eigenvalue weighted by Gasteiger charge is -2.47. The third-order valence-electron chi connectivity index (χ3n) is 3.72. The van der Waals surface area contributed by atoms with Crippen LogP contribution in [0.3, 0.4) is 0 Å². The minimum Gasteiger partial charge on any atom is -0.465 e. The van der Waals surface area contributed by atoms with Crippen molar-refractivity contribution in [1.29, 1.82) is 0 Å². The van der Waals surface area contributed by atoms with E-state index in [1.807, 2.05) is 0 Å². The van der Waals surface area contributed by atoms with Gasteiger partial charge in [0.25, 0.3) is 0 Å². The average Bonchev–Trinajstić information content (AvgIpc) is 2.21. The Hall–Kier alpha value is -0.610. The lowest BCUT2D eigenvalue weighted by atomic mass is 9.75. The molecular weight excluding hydrogens is 216 g/mol. The molecule has 0 aromatic rings. The smallest absolute Gasteiger partial charge is 0.319 e. The second kappa shape index (κ2) is 6.97. The molecule has 4 heteroatoms. The molecule has 0 aromatic heterocycles. The number of likely N-dealkylation sites (N-methyl/N-ethyl adjacent to an activating group) is 1. The molecule has 100 valence electrons. The fraction of sp³-hybridized carbons (Fsp3) is 0.923. The normalized spacial score (nSPS) is 17.9. The van der Waals surface area contributed by atoms with E-state index in [0.717, 1.165) is 19.4 Å². The van der Waals surface area contributed by atoms with Gasteiger partial charge < -0.3 is 15.0 Å². The van der Waals surface area contributed by atoms with E-state index in [1.54, 1.807) is 0 Å². The van der Waals surface area contributed by atoms with Crippen LogP contribution in [-0.4, -0.2) is 50.2 Å². The number of nitrogens with one attached hydrogen (secondary N) is 1. The Morgan fingerprint density at radius 1 is 1.41 bits per heavy atom. The summed E-state index contributed by atoms with van der Waals surface area (Å²) in [6.07, 6.45) is 5.74. The van der Waals surface area contributed by atoms with Crippen molar-refractivity contribution >= 4 is 5.97 Å². The van der Waals surface area contributed by atoms with Crippen LogP contribution in [0.1, 0.15) is 39.0 Å². The van der Waals surface area contributed by atoms with Crippen LogP contribution >= 0.6 is 0 Å². The first-order valence-electron chi connectivity index (χ1n) is 6.64. The van der Waals surface area contributed by atoms with Crippen LogP contribution in [0.4, 0.5) is 0 Å². The van der Waals surface area contributed by atoms with Crippen LogP contribution in [-0.2, 0) is 9.53 Å². The molecule has 1 aliphatic rings. The van der Waals surface area contributed by atoms with Gasteiger partial charge in [0, 0.05) is 12.1 Å². The van der Waals surface area contributed by atoms with E-state index in [1.165, 1.54) is 19.3 Å². The van der Waals surface area contributed by atoms with Crippen LogP contribution in [0, 0.1) is 0 Å². The van der Waals surface area contributed by atoms with Gasteiger partial charge in [-0.1, -0.05) is 13.3 Å². The molecule has 1 N–H and O–H groups in total. The first-order chi connectivity index (χ1) is 8.10. The molecule has 0 heterocycles. The summed E-state index contributed by atoms with van der Waals surface area (Å²) in [5.74, 6) is -0.133. The van der Waals surface area contributed by atoms with Gasteiger partial charge in [-0.25, -0.2) is 0 Å². The van der Waals surface area contributed by atoms with E-state index in [0.29, 0.717) is 13.2 Å². The lowest BCUT2D eigenvalue weighted by Crippen LogP contribution is -2.56. The van der Waals surface area contributed by atoms with Gasteiger partial charge in [-0.15, -0.1) is 0 Å². The third kappa shape index (κ3) is 4.28. The molecule has 0 atom stereocenters. The fourth-order valence-electron chi connectivity index (χ4n) is 2.15. The minimum atomic E-state index is -0.133. The Morgan fingerprint density at radius 3 is 2.59 bits per heavy atom. The van der Waals surface area contributed by atoms with Gasteiger partial charge in [-0.3, -0.25) is 4.79 Å². The SMILES string of the molecule is CCCCOC(=O)CNCC1(N(C)C)CCC1. The number of ether oxygens (including phenoxy) is 1. The van der Waals surface area contributed by atoms with Crippen molar-refractivity contribution in [3.63, 3.8) is 0 Å². The standard InChI is InChI=1S/C13H26N2O2/c1-4-5-9-17-12(16)10-14-11-13(15(2)3)7-6-8-13/h14H,4-11H2,1-3H3. The topological polar surface area (TPSA) is 41.6 Å². The zero-order valence-corrected chi connectivity index (χ0v) is 11.4. The molecule has 1 aliphatic carbocycles. The number of carbonyl (C=O) groups excluding carboxylic acids is 1. The maximum absolute atomic E-state index is 11.4. The van der Waals surface area contributed by atoms with E-state index >= 15 is 0 Å². The van der Waals surface area contributed by atoms with Gasteiger partial charge in [-0.2, -0.15) is 0 Å². The third-order valence-corrected chi connectivity index (χ3v) is 3.72. The first kappa shape index (κ1) is 14.5. The number of unbranched alkanes of at least 4 members (excludes halogenated alkanes) is 1. The van der Waals surface area contributed by atoms with Gasteiger partial charge in [0.2, 0.25) is 0 Å². The van der Waals surface area contributed by atoms with Gasteiger partial charge in [0.1, 0.15) is 0 Å². The number of esters is 1. The summed E-state index contributed by atoms with van der Waals surface area (Å²) < 4.78 is 5.09. The predicted octanol–water partition coefficient (Wildman–Crippen LogP) is 1.40. The van der Waals surface area contributed by atoms with Crippen molar-refractivity contribution in [2.75, 3.05) is 33.8 Å². The maximum atomic E-state index is 11.4. The van der Waals surface area contributed by atoms with Gasteiger partial charge in [-0.05, 0) is 39.8 Å². The highest BCUT2D eigenvalue weighted by atomic mass is 16.5. The van der Waals surface area contributed by atoms with Crippen LogP contribution in [0.15, 0.2) is 0 Å². The molecule has 0 aromatic carbocycles. The summed E-state index contributed by atoms with van der Waals surface area (Å²) in [5.41, 5.74) is 0.268. The zero-order chi connectivity index (χ0) is 12.7. The average molecular weight is 242 g/mol. The summed E-state index contributed by atoms with van der Waals surface area (Å²) in [4.78, 5) is 13.7. The molecule has 0 radical (unpaired) electrons. The Balaban J connectivity index is 2.12. The molecule has 17 heavy (non-hydrogen) atoms. The number of hydrogen-bond donors (Lipinski definition) is 1. The van der Waals surface area contributed by atoms with Crippen molar-refractivity contribution in [1.82, 2.24) is 10.2 Å². The van der Waals surface area contributed by atoms with Crippen LogP contribution < -0.4 is 5.32 Å². The number of rotatable bonds is 8. The highest BCUT2D eigenvalue weighted by Gasteiger charge is 2.38. The minimum absolute atomic E-state index is 0.133. The van der Waals surface area contributed by atoms with E-state index in [9.17, 15) is 4.79 Å². The molecule has 0 saturated heterocycles. The number of nitrogens with zero attached hydrogens (tertiary/aromatic N) is 1. The van der Waals surface area contributed by atoms with Crippen LogP contribution in [0.25, 0.3) is 0 Å². The summed E-state index contributed by atoms with van der Waals surface area (Å²) in [5, 5.41) is 3.22. The Kier molecular flexibility index (Phi) is 5.92. The van der Waals surface area contributed by atoms with E-state index < -0.39 is 0 Å². The summed E-state index contributed by atoms with van der Waals surface area (Å²) in [6.45, 7) is 3.85. The van der Waals surface area contributed by atoms with Crippen molar-refractivity contribution < 1.29 is 9.53 Å². The Bertz CT molecular complexity index is 238. The van der Waals surface area contributed by atoms with Crippen molar-refractivity contribution in [3.8, 4) is 0 Å². The number of carbonyl (C=O) groups is 1. The Morgan fingerprint density at radius 2 is 2.12 bits per heavy atom. The molecule has 1 rings (SSSR count). The molecular formula is C13H26N2O2. The lowest BCUT2D eigenvalue weighted by molar-refractivity contribution is -0.142. The highest BCUT2D eigenvalue weighted by molar-refractivity contribution is 5.71. The van der Waals surface area contributed by atoms with Crippen molar-refractivity contribution in [2.24, 2.45) is 0 Å². The molecule has 4 nitrogen and oxygen atoms in total. The quantitative estimate of drug-likeness (QED) is 0.516. The summed E-state index contributed by atoms with van der Waals surface area (Å²) >= 11 is 0. The largest absolute Gasteiger partial charge is 0.465 e. The molecule has 1 fully saturated rings. The second-order valence-electron chi connectivity index (χ2n) is 5.15. The van der Waals surface area contributed by atoms with Gasteiger partial charge in [0.15, 0.2) is 0 Å². The first-order valence-corrected chi connectivity index (χ1v) is 6.64. The Labute approximate surface area is 105 Å². The summed E-state index contributed by atoms with van der Waals surface area (Å²) in [7, 11) is 4.22. The van der Waals surface area contributed by atoms with E-state index in [2.05, 4.69) is 31.2 Å². The second-order valence-corrected chi connectivity index (χ2v) is 5.15. The molecule has 0 spiro atoms. The van der Waals surface area contributed by atoms with E-state index in [-0.39, 0.29) is 11.5 Å². The molecule has 0 bridgehead atoms. The zero-order valence-electron chi connectivity index (χ0n) is 11.4.